The molecule has 3 aromatic carbocycles. The topological polar surface area (TPSA) is 109 Å². The molecule has 0 saturated carbocycles. The molecule has 6 rings (SSSR count). The van der Waals surface area contributed by atoms with Gasteiger partial charge in [-0.3, -0.25) is 4.79 Å². The molecule has 182 valence electrons. The highest BCUT2D eigenvalue weighted by molar-refractivity contribution is 6.02. The van der Waals surface area contributed by atoms with Gasteiger partial charge in [0.25, 0.3) is 5.91 Å². The molecule has 0 fully saturated rings. The lowest BCUT2D eigenvalue weighted by molar-refractivity contribution is 0.0667. The fourth-order valence-corrected chi connectivity index (χ4v) is 5.58. The number of ether oxygens (including phenoxy) is 1. The van der Waals surface area contributed by atoms with Crippen LogP contribution in [0.2, 0.25) is 0 Å². The third-order valence-electron chi connectivity index (χ3n) is 7.42. The van der Waals surface area contributed by atoms with Crippen LogP contribution in [-0.4, -0.2) is 28.9 Å². The van der Waals surface area contributed by atoms with E-state index >= 15 is 0 Å². The van der Waals surface area contributed by atoms with Crippen molar-refractivity contribution in [2.24, 2.45) is 0 Å². The van der Waals surface area contributed by atoms with Gasteiger partial charge in [-0.15, -0.1) is 0 Å². The molecule has 7 heteroatoms. The molecule has 7 nitrogen and oxygen atoms in total. The third-order valence-corrected chi connectivity index (χ3v) is 7.42. The van der Waals surface area contributed by atoms with Gasteiger partial charge in [0.05, 0.1) is 0 Å². The van der Waals surface area contributed by atoms with Gasteiger partial charge in [0.1, 0.15) is 17.0 Å². The van der Waals surface area contributed by atoms with Crippen molar-refractivity contribution < 1.29 is 9.53 Å². The monoisotopic (exact) mass is 479 g/mol. The number of H-pyrrole nitrogens is 1. The van der Waals surface area contributed by atoms with E-state index in [0.717, 1.165) is 33.5 Å². The zero-order valence-corrected chi connectivity index (χ0v) is 20.4. The van der Waals surface area contributed by atoms with E-state index < -0.39 is 5.54 Å². The number of amides is 1. The average Bonchev–Trinajstić information content (AvgIpc) is 3.46. The maximum absolute atomic E-state index is 14.0. The van der Waals surface area contributed by atoms with E-state index in [0.29, 0.717) is 48.1 Å². The SMILES string of the molecule is Cc1cc2c(cc1N)Oc1cc(N)c(C)cc1C21c2ccccc2C(=O)N1CCNCc1ccc[nH]1. The lowest BCUT2D eigenvalue weighted by Gasteiger charge is -2.45. The van der Waals surface area contributed by atoms with Crippen molar-refractivity contribution in [3.8, 4) is 11.5 Å². The zero-order valence-electron chi connectivity index (χ0n) is 20.4. The van der Waals surface area contributed by atoms with E-state index in [1.807, 2.05) is 67.4 Å². The van der Waals surface area contributed by atoms with Crippen molar-refractivity contribution >= 4 is 17.3 Å². The molecular formula is C29H29N5O2. The summed E-state index contributed by atoms with van der Waals surface area (Å²) >= 11 is 0. The number of hydrogen-bond donors (Lipinski definition) is 4. The summed E-state index contributed by atoms with van der Waals surface area (Å²) in [4.78, 5) is 19.2. The molecular weight excluding hydrogens is 450 g/mol. The first-order valence-electron chi connectivity index (χ1n) is 12.1. The number of fused-ring (bicyclic) bond motifs is 6. The zero-order chi connectivity index (χ0) is 25.0. The molecule has 0 atom stereocenters. The second kappa shape index (κ2) is 8.17. The van der Waals surface area contributed by atoms with Crippen LogP contribution in [0.25, 0.3) is 0 Å². The number of hydrogen-bond acceptors (Lipinski definition) is 5. The molecule has 0 bridgehead atoms. The first-order valence-corrected chi connectivity index (χ1v) is 12.1. The Morgan fingerprint density at radius 3 is 2.22 bits per heavy atom. The molecule has 2 aliphatic heterocycles. The maximum Gasteiger partial charge on any atom is 0.255 e. The maximum atomic E-state index is 14.0. The van der Waals surface area contributed by atoms with E-state index in [9.17, 15) is 4.79 Å². The Morgan fingerprint density at radius 1 is 0.917 bits per heavy atom. The predicted molar refractivity (Wildman–Crippen MR) is 141 cm³/mol. The average molecular weight is 480 g/mol. The number of rotatable bonds is 5. The molecule has 1 aromatic heterocycles. The molecule has 0 unspecified atom stereocenters. The molecule has 1 spiro atoms. The van der Waals surface area contributed by atoms with E-state index in [4.69, 9.17) is 16.2 Å². The minimum absolute atomic E-state index is 0.00460. The normalized spacial score (nSPS) is 14.9. The van der Waals surface area contributed by atoms with Gasteiger partial charge in [-0.1, -0.05) is 18.2 Å². The van der Waals surface area contributed by atoms with E-state index in [1.165, 1.54) is 0 Å². The van der Waals surface area contributed by atoms with Crippen molar-refractivity contribution in [1.29, 1.82) is 0 Å². The summed E-state index contributed by atoms with van der Waals surface area (Å²) in [6.07, 6.45) is 1.91. The molecule has 0 saturated heterocycles. The Kier molecular flexibility index (Phi) is 5.05. The number of aromatic amines is 1. The van der Waals surface area contributed by atoms with Crippen LogP contribution in [0.5, 0.6) is 11.5 Å². The summed E-state index contributed by atoms with van der Waals surface area (Å²) in [6, 6.07) is 19.7. The second-order valence-corrected chi connectivity index (χ2v) is 9.60. The molecule has 2 aliphatic rings. The number of benzene rings is 3. The van der Waals surface area contributed by atoms with Gasteiger partial charge in [-0.2, -0.15) is 0 Å². The molecule has 0 aliphatic carbocycles. The predicted octanol–water partition coefficient (Wildman–Crippen LogP) is 4.44. The Morgan fingerprint density at radius 2 is 1.58 bits per heavy atom. The van der Waals surface area contributed by atoms with Crippen LogP contribution < -0.4 is 21.5 Å². The van der Waals surface area contributed by atoms with Gasteiger partial charge in [0.15, 0.2) is 0 Å². The third kappa shape index (κ3) is 3.13. The summed E-state index contributed by atoms with van der Waals surface area (Å²) in [6.45, 7) is 5.78. The summed E-state index contributed by atoms with van der Waals surface area (Å²) in [5.41, 5.74) is 19.5. The van der Waals surface area contributed by atoms with Crippen LogP contribution in [0.4, 0.5) is 11.4 Å². The quantitative estimate of drug-likeness (QED) is 0.250. The molecule has 3 heterocycles. The van der Waals surface area contributed by atoms with Crippen molar-refractivity contribution in [2.45, 2.75) is 25.9 Å². The molecule has 1 amide bonds. The van der Waals surface area contributed by atoms with Crippen LogP contribution in [0.15, 0.2) is 66.9 Å². The standard InChI is InChI=1S/C29H29N5O2/c1-17-12-22-26(14-24(17)30)36-27-15-25(31)18(2)13-23(27)29(22)21-8-4-3-7-20(21)28(35)34(29)11-10-32-16-19-6-5-9-33-19/h3-9,12-15,32-33H,10-11,16,30-31H2,1-2H3. The summed E-state index contributed by atoms with van der Waals surface area (Å²) in [7, 11) is 0. The number of nitrogens with one attached hydrogen (secondary N) is 2. The minimum atomic E-state index is -0.859. The van der Waals surface area contributed by atoms with Gasteiger partial charge in [-0.05, 0) is 60.9 Å². The number of aromatic nitrogens is 1. The number of nitrogen functional groups attached to an aromatic ring is 2. The van der Waals surface area contributed by atoms with E-state index in [-0.39, 0.29) is 5.91 Å². The highest BCUT2D eigenvalue weighted by atomic mass is 16.5. The number of nitrogens with two attached hydrogens (primary N) is 2. The van der Waals surface area contributed by atoms with Crippen molar-refractivity contribution in [3.63, 3.8) is 0 Å². The van der Waals surface area contributed by atoms with Crippen molar-refractivity contribution in [2.75, 3.05) is 24.6 Å². The van der Waals surface area contributed by atoms with E-state index in [2.05, 4.69) is 28.5 Å². The fourth-order valence-electron chi connectivity index (χ4n) is 5.58. The van der Waals surface area contributed by atoms with Crippen molar-refractivity contribution in [3.05, 3.63) is 106 Å². The molecule has 4 aromatic rings. The Bertz CT molecular complexity index is 1430. The van der Waals surface area contributed by atoms with Crippen LogP contribution in [0, 0.1) is 13.8 Å². The first-order chi connectivity index (χ1) is 17.4. The van der Waals surface area contributed by atoms with E-state index in [1.54, 1.807) is 0 Å². The molecule has 0 radical (unpaired) electrons. The summed E-state index contributed by atoms with van der Waals surface area (Å²) in [5, 5.41) is 3.48. The fraction of sp³-hybridized carbons (Fsp3) is 0.207. The Hall–Kier alpha value is -4.23. The Labute approximate surface area is 210 Å². The van der Waals surface area contributed by atoms with Crippen molar-refractivity contribution in [1.82, 2.24) is 15.2 Å². The molecule has 36 heavy (non-hydrogen) atoms. The molecule has 6 N–H and O–H groups in total. The summed E-state index contributed by atoms with van der Waals surface area (Å²) in [5.74, 6) is 1.28. The van der Waals surface area contributed by atoms with Crippen LogP contribution in [0.1, 0.15) is 43.9 Å². The lowest BCUT2D eigenvalue weighted by atomic mass is 9.74. The largest absolute Gasteiger partial charge is 0.456 e. The number of anilines is 2. The highest BCUT2D eigenvalue weighted by Crippen LogP contribution is 2.58. The van der Waals surface area contributed by atoms with Crippen LogP contribution in [-0.2, 0) is 12.1 Å². The lowest BCUT2D eigenvalue weighted by Crippen LogP contribution is -2.49. The van der Waals surface area contributed by atoms with Gasteiger partial charge in [-0.25, -0.2) is 0 Å². The Balaban J connectivity index is 1.55. The van der Waals surface area contributed by atoms with Crippen LogP contribution >= 0.6 is 0 Å². The van der Waals surface area contributed by atoms with Gasteiger partial charge in [0.2, 0.25) is 0 Å². The number of nitrogens with zero attached hydrogens (tertiary/aromatic N) is 1. The van der Waals surface area contributed by atoms with Crippen LogP contribution in [0.3, 0.4) is 0 Å². The number of carbonyl (C=O) groups is 1. The minimum Gasteiger partial charge on any atom is -0.456 e. The number of aryl methyl sites for hydroxylation is 2. The summed E-state index contributed by atoms with van der Waals surface area (Å²) < 4.78 is 6.39. The van der Waals surface area contributed by atoms with Gasteiger partial charge in [0, 0.05) is 71.7 Å². The van der Waals surface area contributed by atoms with Gasteiger partial charge < -0.3 is 31.4 Å². The number of carbonyl (C=O) groups excluding carboxylic acids is 1. The second-order valence-electron chi connectivity index (χ2n) is 9.60. The van der Waals surface area contributed by atoms with Gasteiger partial charge >= 0.3 is 0 Å². The highest BCUT2D eigenvalue weighted by Gasteiger charge is 2.56. The smallest absolute Gasteiger partial charge is 0.255 e. The first kappa shape index (κ1) is 22.2.